The van der Waals surface area contributed by atoms with Crippen molar-refractivity contribution in [3.8, 4) is 0 Å². The molecule has 0 saturated heterocycles. The average molecular weight is 227 g/mol. The van der Waals surface area contributed by atoms with E-state index in [2.05, 4.69) is 0 Å². The SMILES string of the molecule is CC1=CC(=O)N(C)C1OC(=O)OC(C)(C)C. The lowest BCUT2D eigenvalue weighted by Crippen LogP contribution is -2.36. The van der Waals surface area contributed by atoms with E-state index in [1.54, 1.807) is 34.7 Å². The van der Waals surface area contributed by atoms with Crippen molar-refractivity contribution in [3.63, 3.8) is 0 Å². The largest absolute Gasteiger partial charge is 0.510 e. The first kappa shape index (κ1) is 12.5. The lowest BCUT2D eigenvalue weighted by Gasteiger charge is -2.24. The molecule has 5 heteroatoms. The van der Waals surface area contributed by atoms with Crippen molar-refractivity contribution in [1.82, 2.24) is 4.90 Å². The van der Waals surface area contributed by atoms with Crippen LogP contribution in [0.25, 0.3) is 0 Å². The Kier molecular flexibility index (Phi) is 3.26. The van der Waals surface area contributed by atoms with Gasteiger partial charge in [-0.3, -0.25) is 4.79 Å². The topological polar surface area (TPSA) is 55.8 Å². The van der Waals surface area contributed by atoms with Gasteiger partial charge in [0.15, 0.2) is 0 Å². The van der Waals surface area contributed by atoms with Crippen molar-refractivity contribution in [1.29, 1.82) is 0 Å². The summed E-state index contributed by atoms with van der Waals surface area (Å²) in [7, 11) is 1.57. The molecule has 1 amide bonds. The Hall–Kier alpha value is -1.52. The molecule has 0 aromatic heterocycles. The van der Waals surface area contributed by atoms with Crippen LogP contribution < -0.4 is 0 Å². The average Bonchev–Trinajstić information content (AvgIpc) is 2.29. The number of nitrogens with zero attached hydrogens (tertiary/aromatic N) is 1. The summed E-state index contributed by atoms with van der Waals surface area (Å²) in [6.07, 6.45) is 0.0174. The van der Waals surface area contributed by atoms with Gasteiger partial charge in [0.1, 0.15) is 5.60 Å². The fourth-order valence-electron chi connectivity index (χ4n) is 1.33. The van der Waals surface area contributed by atoms with Crippen LogP contribution in [-0.2, 0) is 14.3 Å². The molecular formula is C11H17NO4. The van der Waals surface area contributed by atoms with Gasteiger partial charge < -0.3 is 14.4 Å². The molecule has 0 aliphatic carbocycles. The molecule has 0 aromatic carbocycles. The number of hydrogen-bond acceptors (Lipinski definition) is 4. The second kappa shape index (κ2) is 4.15. The number of carbonyl (C=O) groups excluding carboxylic acids is 2. The fourth-order valence-corrected chi connectivity index (χ4v) is 1.33. The highest BCUT2D eigenvalue weighted by atomic mass is 16.7. The quantitative estimate of drug-likeness (QED) is 0.639. The van der Waals surface area contributed by atoms with E-state index in [0.29, 0.717) is 5.57 Å². The Morgan fingerprint density at radius 3 is 2.38 bits per heavy atom. The van der Waals surface area contributed by atoms with Crippen LogP contribution in [0.15, 0.2) is 11.6 Å². The molecule has 0 radical (unpaired) electrons. The second-order valence-electron chi connectivity index (χ2n) is 4.77. The zero-order valence-electron chi connectivity index (χ0n) is 10.2. The number of amides is 1. The van der Waals surface area contributed by atoms with Crippen molar-refractivity contribution >= 4 is 12.1 Å². The molecule has 5 nitrogen and oxygen atoms in total. The molecule has 0 aromatic rings. The molecular weight excluding hydrogens is 210 g/mol. The summed E-state index contributed by atoms with van der Waals surface area (Å²) in [6.45, 7) is 6.98. The van der Waals surface area contributed by atoms with Crippen LogP contribution in [0, 0.1) is 0 Å². The van der Waals surface area contributed by atoms with Crippen molar-refractivity contribution in [2.45, 2.75) is 39.5 Å². The maximum atomic E-state index is 11.4. The Balaban J connectivity index is 2.59. The summed E-state index contributed by atoms with van der Waals surface area (Å²) >= 11 is 0. The van der Waals surface area contributed by atoms with E-state index in [-0.39, 0.29) is 5.91 Å². The van der Waals surface area contributed by atoms with Gasteiger partial charge in [0, 0.05) is 13.1 Å². The minimum atomic E-state index is -0.771. The highest BCUT2D eigenvalue weighted by molar-refractivity contribution is 5.91. The first-order valence-corrected chi connectivity index (χ1v) is 5.05. The van der Waals surface area contributed by atoms with Gasteiger partial charge in [-0.05, 0) is 33.3 Å². The molecule has 1 aliphatic rings. The van der Waals surface area contributed by atoms with Gasteiger partial charge >= 0.3 is 6.16 Å². The van der Waals surface area contributed by atoms with Crippen LogP contribution in [0.5, 0.6) is 0 Å². The monoisotopic (exact) mass is 227 g/mol. The Bertz CT molecular complexity index is 340. The maximum absolute atomic E-state index is 11.4. The van der Waals surface area contributed by atoms with Gasteiger partial charge in [-0.25, -0.2) is 4.79 Å². The van der Waals surface area contributed by atoms with Gasteiger partial charge in [-0.2, -0.15) is 0 Å². The molecule has 1 unspecified atom stereocenters. The second-order valence-corrected chi connectivity index (χ2v) is 4.77. The minimum Gasteiger partial charge on any atom is -0.429 e. The molecule has 1 heterocycles. The van der Waals surface area contributed by atoms with Gasteiger partial charge in [0.25, 0.3) is 0 Å². The van der Waals surface area contributed by atoms with Crippen LogP contribution in [-0.4, -0.2) is 35.8 Å². The third kappa shape index (κ3) is 2.98. The van der Waals surface area contributed by atoms with E-state index >= 15 is 0 Å². The molecule has 1 atom stereocenters. The normalized spacial score (nSPS) is 20.8. The van der Waals surface area contributed by atoms with Crippen LogP contribution in [0.1, 0.15) is 27.7 Å². The molecule has 0 N–H and O–H groups in total. The molecule has 1 aliphatic heterocycles. The molecule has 1 rings (SSSR count). The molecule has 0 saturated carbocycles. The van der Waals surface area contributed by atoms with E-state index in [0.717, 1.165) is 0 Å². The predicted molar refractivity (Wildman–Crippen MR) is 57.6 cm³/mol. The van der Waals surface area contributed by atoms with E-state index in [4.69, 9.17) is 9.47 Å². The first-order chi connectivity index (χ1) is 7.20. The van der Waals surface area contributed by atoms with Crippen molar-refractivity contribution in [3.05, 3.63) is 11.6 Å². The first-order valence-electron chi connectivity index (χ1n) is 5.05. The standard InChI is InChI=1S/C11H17NO4/c1-7-6-8(13)12(5)9(7)15-10(14)16-11(2,3)4/h6,9H,1-5H3. The number of rotatable bonds is 1. The third-order valence-corrected chi connectivity index (χ3v) is 2.04. The summed E-state index contributed by atoms with van der Waals surface area (Å²) < 4.78 is 10.1. The summed E-state index contributed by atoms with van der Waals surface area (Å²) in [5.41, 5.74) is 0.0916. The number of likely N-dealkylation sites (N-methyl/N-ethyl adjacent to an activating group) is 1. The van der Waals surface area contributed by atoms with Crippen molar-refractivity contribution < 1.29 is 19.1 Å². The minimum absolute atomic E-state index is 0.175. The number of carbonyl (C=O) groups is 2. The van der Waals surface area contributed by atoms with Gasteiger partial charge in [0.05, 0.1) is 0 Å². The fraction of sp³-hybridized carbons (Fsp3) is 0.636. The summed E-state index contributed by atoms with van der Waals surface area (Å²) in [5, 5.41) is 0. The van der Waals surface area contributed by atoms with E-state index < -0.39 is 18.0 Å². The van der Waals surface area contributed by atoms with Crippen molar-refractivity contribution in [2.24, 2.45) is 0 Å². The molecule has 0 bridgehead atoms. The summed E-state index contributed by atoms with van der Waals surface area (Å²) in [4.78, 5) is 24.0. The number of ether oxygens (including phenoxy) is 2. The zero-order valence-corrected chi connectivity index (χ0v) is 10.2. The molecule has 0 fully saturated rings. The Morgan fingerprint density at radius 2 is 2.00 bits per heavy atom. The maximum Gasteiger partial charge on any atom is 0.510 e. The number of hydrogen-bond donors (Lipinski definition) is 0. The van der Waals surface area contributed by atoms with Crippen LogP contribution in [0.3, 0.4) is 0 Å². The van der Waals surface area contributed by atoms with E-state index in [9.17, 15) is 9.59 Å². The zero-order chi connectivity index (χ0) is 12.5. The van der Waals surface area contributed by atoms with Crippen LogP contribution in [0.4, 0.5) is 4.79 Å². The molecule has 0 spiro atoms. The highest BCUT2D eigenvalue weighted by Crippen LogP contribution is 2.20. The Morgan fingerprint density at radius 1 is 1.44 bits per heavy atom. The third-order valence-electron chi connectivity index (χ3n) is 2.04. The summed E-state index contributed by atoms with van der Waals surface area (Å²) in [5.74, 6) is -0.175. The van der Waals surface area contributed by atoms with Crippen LogP contribution in [0.2, 0.25) is 0 Å². The molecule has 90 valence electrons. The van der Waals surface area contributed by atoms with Gasteiger partial charge in [-0.15, -0.1) is 0 Å². The van der Waals surface area contributed by atoms with Crippen molar-refractivity contribution in [2.75, 3.05) is 7.05 Å². The lowest BCUT2D eigenvalue weighted by atomic mass is 10.2. The van der Waals surface area contributed by atoms with Gasteiger partial charge in [0.2, 0.25) is 12.1 Å². The summed E-state index contributed by atoms with van der Waals surface area (Å²) in [6, 6.07) is 0. The lowest BCUT2D eigenvalue weighted by molar-refractivity contribution is -0.130. The van der Waals surface area contributed by atoms with E-state index in [1.165, 1.54) is 11.0 Å². The smallest absolute Gasteiger partial charge is 0.429 e. The van der Waals surface area contributed by atoms with E-state index in [1.807, 2.05) is 0 Å². The predicted octanol–water partition coefficient (Wildman–Crippen LogP) is 1.68. The Labute approximate surface area is 95.0 Å². The van der Waals surface area contributed by atoms with Gasteiger partial charge in [-0.1, -0.05) is 0 Å². The molecule has 16 heavy (non-hydrogen) atoms. The van der Waals surface area contributed by atoms with Crippen LogP contribution >= 0.6 is 0 Å². The highest BCUT2D eigenvalue weighted by Gasteiger charge is 2.32.